The molecule has 2 spiro atoms. The maximum atomic E-state index is 12.4. The lowest BCUT2D eigenvalue weighted by atomic mass is 9.46. The number of ketones is 1. The molecule has 0 amide bonds. The zero-order chi connectivity index (χ0) is 20.9. The van der Waals surface area contributed by atoms with Crippen LogP contribution in [0.3, 0.4) is 0 Å². The van der Waals surface area contributed by atoms with Crippen LogP contribution >= 0.6 is 11.8 Å². The van der Waals surface area contributed by atoms with Crippen molar-refractivity contribution in [3.05, 3.63) is 11.6 Å². The minimum absolute atomic E-state index is 0.00566. The van der Waals surface area contributed by atoms with Crippen molar-refractivity contribution >= 4 is 23.5 Å². The maximum Gasteiger partial charge on any atom is 0.306 e. The Morgan fingerprint density at radius 1 is 1.17 bits per heavy atom. The van der Waals surface area contributed by atoms with Crippen LogP contribution in [0.25, 0.3) is 0 Å². The highest BCUT2D eigenvalue weighted by atomic mass is 32.2. The van der Waals surface area contributed by atoms with Crippen molar-refractivity contribution in [1.29, 1.82) is 0 Å². The van der Waals surface area contributed by atoms with Gasteiger partial charge < -0.3 is 9.47 Å². The molecule has 8 atom stereocenters. The van der Waals surface area contributed by atoms with E-state index in [1.54, 1.807) is 0 Å². The van der Waals surface area contributed by atoms with E-state index in [1.165, 1.54) is 5.57 Å². The van der Waals surface area contributed by atoms with Gasteiger partial charge in [0.2, 0.25) is 0 Å². The van der Waals surface area contributed by atoms with Gasteiger partial charge in [-0.15, -0.1) is 0 Å². The predicted octanol–water partition coefficient (Wildman–Crippen LogP) is 4.85. The molecule has 4 aliphatic carbocycles. The van der Waals surface area contributed by atoms with Crippen LogP contribution in [0.1, 0.15) is 78.6 Å². The molecule has 3 saturated carbocycles. The Hall–Kier alpha value is -0.810. The molecule has 164 valence electrons. The first-order valence-corrected chi connectivity index (χ1v) is 13.1. The van der Waals surface area contributed by atoms with E-state index in [2.05, 4.69) is 38.6 Å². The lowest BCUT2D eigenvalue weighted by Crippen LogP contribution is -2.62. The fraction of sp³-hybridized carbons (Fsp3) is 0.840. The normalized spacial score (nSPS) is 53.5. The molecule has 2 unspecified atom stereocenters. The number of hydrogen-bond donors (Lipinski definition) is 0. The van der Waals surface area contributed by atoms with Gasteiger partial charge in [0.25, 0.3) is 0 Å². The summed E-state index contributed by atoms with van der Waals surface area (Å²) in [4.78, 5) is 24.5. The molecule has 5 fully saturated rings. The SMILES string of the molecule is CCCS[C@@H]1C=C2CC(=O)CC[C@]2(C)[C@@]23O[C@@H]2C[C@@]2(C)C(CC[C@@]24CCC(=O)O4)C13. The standard InChI is InChI=1S/C25H34O4S/c1-4-11-30-18-13-15-12-16(26)5-8-22(15,2)25-19(28-25)14-23(3)17(21(18)25)6-9-24(23)10-7-20(27)29-24/h13,17-19,21H,4-12,14H2,1-3H3/t17?,18-,19-,21?,22+,23+,24-,25-/m1/s1. The molecular formula is C25H34O4S. The molecule has 30 heavy (non-hydrogen) atoms. The first-order valence-electron chi connectivity index (χ1n) is 12.0. The predicted molar refractivity (Wildman–Crippen MR) is 116 cm³/mol. The third-order valence-corrected chi connectivity index (χ3v) is 11.6. The summed E-state index contributed by atoms with van der Waals surface area (Å²) in [5, 5.41) is 0.404. The minimum Gasteiger partial charge on any atom is -0.458 e. The molecule has 0 aromatic rings. The molecule has 2 aliphatic heterocycles. The molecule has 6 rings (SSSR count). The van der Waals surface area contributed by atoms with Gasteiger partial charge in [-0.1, -0.05) is 32.4 Å². The molecule has 0 aromatic heterocycles. The van der Waals surface area contributed by atoms with Crippen LogP contribution in [-0.4, -0.2) is 40.1 Å². The molecule has 0 N–H and O–H groups in total. The number of esters is 1. The number of hydrogen-bond acceptors (Lipinski definition) is 5. The van der Waals surface area contributed by atoms with E-state index >= 15 is 0 Å². The average Bonchev–Trinajstić information content (AvgIpc) is 3.19. The van der Waals surface area contributed by atoms with E-state index in [-0.39, 0.29) is 34.1 Å². The molecule has 6 aliphatic rings. The topological polar surface area (TPSA) is 55.9 Å². The highest BCUT2D eigenvalue weighted by Gasteiger charge is 2.82. The third-order valence-electron chi connectivity index (χ3n) is 10.2. The van der Waals surface area contributed by atoms with Crippen molar-refractivity contribution < 1.29 is 19.1 Å². The van der Waals surface area contributed by atoms with Crippen LogP contribution in [0.5, 0.6) is 0 Å². The lowest BCUT2D eigenvalue weighted by Gasteiger charge is -2.58. The number of Topliss-reactive ketones (excluding diaryl/α,β-unsaturated/α-hetero) is 1. The Morgan fingerprint density at radius 3 is 2.73 bits per heavy atom. The highest BCUT2D eigenvalue weighted by molar-refractivity contribution is 8.00. The van der Waals surface area contributed by atoms with Crippen LogP contribution in [0.15, 0.2) is 11.6 Å². The fourth-order valence-electron chi connectivity index (χ4n) is 8.59. The third kappa shape index (κ3) is 2.19. The molecule has 0 radical (unpaired) electrons. The van der Waals surface area contributed by atoms with Crippen LogP contribution in [0, 0.1) is 22.7 Å². The average molecular weight is 431 g/mol. The summed E-state index contributed by atoms with van der Waals surface area (Å²) in [7, 11) is 0. The van der Waals surface area contributed by atoms with Gasteiger partial charge >= 0.3 is 5.97 Å². The van der Waals surface area contributed by atoms with Crippen LogP contribution in [0.4, 0.5) is 0 Å². The summed E-state index contributed by atoms with van der Waals surface area (Å²) in [6.45, 7) is 7.04. The highest BCUT2D eigenvalue weighted by Crippen LogP contribution is 2.77. The van der Waals surface area contributed by atoms with Crippen molar-refractivity contribution in [3.8, 4) is 0 Å². The Kier molecular flexibility index (Phi) is 4.07. The van der Waals surface area contributed by atoms with Crippen molar-refractivity contribution in [2.24, 2.45) is 22.7 Å². The summed E-state index contributed by atoms with van der Waals surface area (Å²) in [5.41, 5.74) is 0.964. The van der Waals surface area contributed by atoms with Gasteiger partial charge in [0, 0.05) is 41.3 Å². The van der Waals surface area contributed by atoms with E-state index in [0.29, 0.717) is 42.1 Å². The number of epoxide rings is 1. The number of fused-ring (bicyclic) bond motifs is 4. The number of thioether (sulfide) groups is 1. The summed E-state index contributed by atoms with van der Waals surface area (Å²) < 4.78 is 12.9. The van der Waals surface area contributed by atoms with Crippen LogP contribution < -0.4 is 0 Å². The number of carbonyl (C=O) groups excluding carboxylic acids is 2. The van der Waals surface area contributed by atoms with Crippen molar-refractivity contribution in [2.75, 3.05) is 5.75 Å². The van der Waals surface area contributed by atoms with E-state index in [4.69, 9.17) is 9.47 Å². The van der Waals surface area contributed by atoms with E-state index in [1.807, 2.05) is 0 Å². The van der Waals surface area contributed by atoms with Crippen molar-refractivity contribution in [2.45, 2.75) is 101 Å². The van der Waals surface area contributed by atoms with E-state index in [0.717, 1.165) is 44.3 Å². The van der Waals surface area contributed by atoms with Gasteiger partial charge in [0.05, 0.1) is 6.10 Å². The molecule has 2 saturated heterocycles. The van der Waals surface area contributed by atoms with Crippen molar-refractivity contribution in [3.63, 3.8) is 0 Å². The fourth-order valence-corrected chi connectivity index (χ4v) is 9.95. The second-order valence-electron chi connectivity index (χ2n) is 11.2. The largest absolute Gasteiger partial charge is 0.458 e. The molecular weight excluding hydrogens is 396 g/mol. The maximum absolute atomic E-state index is 12.4. The van der Waals surface area contributed by atoms with Crippen LogP contribution in [0.2, 0.25) is 0 Å². The van der Waals surface area contributed by atoms with E-state index in [9.17, 15) is 9.59 Å². The Morgan fingerprint density at radius 2 is 2.00 bits per heavy atom. The van der Waals surface area contributed by atoms with Gasteiger partial charge in [-0.3, -0.25) is 9.59 Å². The number of carbonyl (C=O) groups is 2. The van der Waals surface area contributed by atoms with E-state index < -0.39 is 0 Å². The minimum atomic E-state index is -0.278. The molecule has 0 aromatic carbocycles. The molecule has 0 bridgehead atoms. The first kappa shape index (κ1) is 19.8. The zero-order valence-corrected chi connectivity index (χ0v) is 19.3. The monoisotopic (exact) mass is 430 g/mol. The second kappa shape index (κ2) is 6.15. The number of rotatable bonds is 3. The summed E-state index contributed by atoms with van der Waals surface area (Å²) in [6, 6.07) is 0. The van der Waals surface area contributed by atoms with Gasteiger partial charge in [0.1, 0.15) is 17.0 Å². The van der Waals surface area contributed by atoms with Gasteiger partial charge in [-0.25, -0.2) is 0 Å². The van der Waals surface area contributed by atoms with Crippen LogP contribution in [-0.2, 0) is 19.1 Å². The van der Waals surface area contributed by atoms with Gasteiger partial charge in [0.15, 0.2) is 0 Å². The summed E-state index contributed by atoms with van der Waals surface area (Å²) >= 11 is 2.07. The Bertz CT molecular complexity index is 852. The summed E-state index contributed by atoms with van der Waals surface area (Å²) in [6.07, 6.45) is 10.7. The van der Waals surface area contributed by atoms with Gasteiger partial charge in [-0.2, -0.15) is 11.8 Å². The first-order chi connectivity index (χ1) is 14.3. The number of ether oxygens (including phenoxy) is 2. The quantitative estimate of drug-likeness (QED) is 0.364. The summed E-state index contributed by atoms with van der Waals surface area (Å²) in [5.74, 6) is 2.50. The smallest absolute Gasteiger partial charge is 0.306 e. The zero-order valence-electron chi connectivity index (χ0n) is 18.5. The molecule has 2 heterocycles. The second-order valence-corrected chi connectivity index (χ2v) is 12.5. The lowest BCUT2D eigenvalue weighted by molar-refractivity contribution is -0.163. The van der Waals surface area contributed by atoms with Crippen molar-refractivity contribution in [1.82, 2.24) is 0 Å². The molecule has 5 heteroatoms. The Balaban J connectivity index is 1.45. The molecule has 4 nitrogen and oxygen atoms in total. The van der Waals surface area contributed by atoms with Gasteiger partial charge in [-0.05, 0) is 50.2 Å². The Labute approximate surface area is 183 Å².